The topological polar surface area (TPSA) is 117 Å². The Morgan fingerprint density at radius 3 is 1.86 bits per heavy atom. The molecule has 8 nitrogen and oxygen atoms in total. The molecule has 0 heterocycles. The summed E-state index contributed by atoms with van der Waals surface area (Å²) >= 11 is 0. The number of benzene rings is 3. The zero-order valence-corrected chi connectivity index (χ0v) is 17.1. The van der Waals surface area contributed by atoms with E-state index in [0.29, 0.717) is 12.1 Å². The monoisotopic (exact) mass is 498 g/mol. The first kappa shape index (κ1) is 25.1. The predicted octanol–water partition coefficient (Wildman–Crippen LogP) is 7.01. The molecule has 0 fully saturated rings. The van der Waals surface area contributed by atoms with Crippen LogP contribution in [0.4, 0.5) is 49.1 Å². The van der Waals surface area contributed by atoms with Gasteiger partial charge in [-0.3, -0.25) is 14.9 Å². The normalized spacial score (nSPS) is 12.1. The average molecular weight is 498 g/mol. The molecule has 2 N–H and O–H groups in total. The molecular weight excluding hydrogens is 486 g/mol. The lowest BCUT2D eigenvalue weighted by Crippen LogP contribution is -2.16. The van der Waals surface area contributed by atoms with Crippen molar-refractivity contribution in [1.29, 1.82) is 0 Å². The van der Waals surface area contributed by atoms with Gasteiger partial charge in [0.1, 0.15) is 5.75 Å². The molecule has 0 bridgehead atoms. The standard InChI is InChI=1S/C21H12F6N4O4/c22-20(23,24)11-7-12(21(25,26)27)9-15(8-11)28-19(33)17-10-14(3-6-18(17)32)30-29-13-1-4-16(5-2-13)31(34)35/h1-10,32H,(H,28,33)/b30-29+. The number of carbonyl (C=O) groups excluding carboxylic acids is 1. The minimum absolute atomic E-state index is 0.00803. The minimum Gasteiger partial charge on any atom is -0.507 e. The van der Waals surface area contributed by atoms with Crippen molar-refractivity contribution in [2.75, 3.05) is 5.32 Å². The zero-order chi connectivity index (χ0) is 26.0. The second kappa shape index (κ2) is 9.40. The van der Waals surface area contributed by atoms with E-state index in [9.17, 15) is 46.4 Å². The van der Waals surface area contributed by atoms with E-state index in [1.54, 1.807) is 0 Å². The van der Waals surface area contributed by atoms with Crippen LogP contribution in [-0.2, 0) is 12.4 Å². The molecule has 0 saturated heterocycles. The predicted molar refractivity (Wildman–Crippen MR) is 110 cm³/mol. The second-order valence-electron chi connectivity index (χ2n) is 6.92. The maximum atomic E-state index is 13.0. The second-order valence-corrected chi connectivity index (χ2v) is 6.92. The number of anilines is 1. The zero-order valence-electron chi connectivity index (χ0n) is 17.1. The number of nitrogens with zero attached hydrogens (tertiary/aromatic N) is 3. The summed E-state index contributed by atoms with van der Waals surface area (Å²) in [7, 11) is 0. The van der Waals surface area contributed by atoms with Crippen molar-refractivity contribution in [3.8, 4) is 5.75 Å². The number of phenolic OH excluding ortho intramolecular Hbond substituents is 1. The molecule has 182 valence electrons. The Balaban J connectivity index is 1.87. The molecule has 0 aliphatic rings. The number of halogens is 6. The van der Waals surface area contributed by atoms with Crippen LogP contribution in [0.25, 0.3) is 0 Å². The number of amides is 1. The number of nitro benzene ring substituents is 1. The highest BCUT2D eigenvalue weighted by Crippen LogP contribution is 2.38. The number of carbonyl (C=O) groups is 1. The highest BCUT2D eigenvalue weighted by molar-refractivity contribution is 6.06. The van der Waals surface area contributed by atoms with Gasteiger partial charge in [-0.15, -0.1) is 0 Å². The summed E-state index contributed by atoms with van der Waals surface area (Å²) in [6, 6.07) is 8.74. The van der Waals surface area contributed by atoms with Gasteiger partial charge in [-0.05, 0) is 48.5 Å². The van der Waals surface area contributed by atoms with Crippen LogP contribution >= 0.6 is 0 Å². The van der Waals surface area contributed by atoms with E-state index < -0.39 is 51.3 Å². The summed E-state index contributed by atoms with van der Waals surface area (Å²) in [5, 5.41) is 30.1. The van der Waals surface area contributed by atoms with Crippen molar-refractivity contribution in [3.05, 3.63) is 87.5 Å². The van der Waals surface area contributed by atoms with Gasteiger partial charge in [-0.2, -0.15) is 36.6 Å². The van der Waals surface area contributed by atoms with Crippen LogP contribution in [-0.4, -0.2) is 15.9 Å². The molecule has 0 atom stereocenters. The summed E-state index contributed by atoms with van der Waals surface area (Å²) in [4.78, 5) is 22.6. The van der Waals surface area contributed by atoms with Crippen LogP contribution in [0.15, 0.2) is 70.9 Å². The minimum atomic E-state index is -5.11. The number of nitro groups is 1. The molecule has 3 rings (SSSR count). The Labute approximate surface area is 191 Å². The lowest BCUT2D eigenvalue weighted by atomic mass is 10.1. The summed E-state index contributed by atoms with van der Waals surface area (Å²) in [5.74, 6) is -1.83. The number of aromatic hydroxyl groups is 1. The van der Waals surface area contributed by atoms with Crippen LogP contribution in [0.2, 0.25) is 0 Å². The van der Waals surface area contributed by atoms with E-state index in [1.807, 2.05) is 5.32 Å². The number of phenols is 1. The van der Waals surface area contributed by atoms with Crippen LogP contribution in [0.1, 0.15) is 21.5 Å². The van der Waals surface area contributed by atoms with Gasteiger partial charge >= 0.3 is 12.4 Å². The largest absolute Gasteiger partial charge is 0.507 e. The number of alkyl halides is 6. The maximum Gasteiger partial charge on any atom is 0.416 e. The van der Waals surface area contributed by atoms with E-state index in [-0.39, 0.29) is 23.1 Å². The third-order valence-corrected chi connectivity index (χ3v) is 4.41. The van der Waals surface area contributed by atoms with E-state index in [2.05, 4.69) is 10.2 Å². The van der Waals surface area contributed by atoms with Crippen LogP contribution < -0.4 is 5.32 Å². The first-order chi connectivity index (χ1) is 16.2. The average Bonchev–Trinajstić information content (AvgIpc) is 2.77. The van der Waals surface area contributed by atoms with Gasteiger partial charge in [-0.1, -0.05) is 0 Å². The van der Waals surface area contributed by atoms with Crippen molar-refractivity contribution in [3.63, 3.8) is 0 Å². The summed E-state index contributed by atoms with van der Waals surface area (Å²) in [6.45, 7) is 0. The fourth-order valence-electron chi connectivity index (χ4n) is 2.75. The number of hydrogen-bond acceptors (Lipinski definition) is 6. The van der Waals surface area contributed by atoms with Crippen LogP contribution in [0, 0.1) is 10.1 Å². The molecule has 0 aliphatic carbocycles. The fourth-order valence-corrected chi connectivity index (χ4v) is 2.75. The first-order valence-electron chi connectivity index (χ1n) is 9.34. The molecule has 0 aliphatic heterocycles. The lowest BCUT2D eigenvalue weighted by molar-refractivity contribution is -0.384. The molecular formula is C21H12F6N4O4. The van der Waals surface area contributed by atoms with Crippen molar-refractivity contribution in [1.82, 2.24) is 0 Å². The Kier molecular flexibility index (Phi) is 6.75. The van der Waals surface area contributed by atoms with Gasteiger partial charge in [0, 0.05) is 17.8 Å². The molecule has 1 amide bonds. The molecule has 35 heavy (non-hydrogen) atoms. The quantitative estimate of drug-likeness (QED) is 0.170. The van der Waals surface area contributed by atoms with Gasteiger partial charge < -0.3 is 10.4 Å². The van der Waals surface area contributed by atoms with Crippen molar-refractivity contribution in [2.45, 2.75) is 12.4 Å². The van der Waals surface area contributed by atoms with Crippen molar-refractivity contribution < 1.29 is 41.2 Å². The van der Waals surface area contributed by atoms with E-state index in [4.69, 9.17) is 0 Å². The van der Waals surface area contributed by atoms with Crippen LogP contribution in [0.3, 0.4) is 0 Å². The molecule has 3 aromatic carbocycles. The summed E-state index contributed by atoms with van der Waals surface area (Å²) in [5.41, 5.74) is -4.54. The van der Waals surface area contributed by atoms with E-state index in [1.165, 1.54) is 30.3 Å². The number of azo groups is 1. The van der Waals surface area contributed by atoms with Crippen molar-refractivity contribution >= 4 is 28.7 Å². The van der Waals surface area contributed by atoms with Gasteiger partial charge in [-0.25, -0.2) is 0 Å². The fraction of sp³-hybridized carbons (Fsp3) is 0.0952. The Hall–Kier alpha value is -4.49. The van der Waals surface area contributed by atoms with Crippen molar-refractivity contribution in [2.24, 2.45) is 10.2 Å². The lowest BCUT2D eigenvalue weighted by Gasteiger charge is -2.15. The third kappa shape index (κ3) is 6.31. The van der Waals surface area contributed by atoms with E-state index >= 15 is 0 Å². The van der Waals surface area contributed by atoms with Gasteiger partial charge in [0.05, 0.1) is 33.0 Å². The number of hydrogen-bond donors (Lipinski definition) is 2. The SMILES string of the molecule is O=C(Nc1cc(C(F)(F)F)cc(C(F)(F)F)c1)c1cc(/N=N/c2ccc([N+](=O)[O-])cc2)ccc1O. The number of rotatable bonds is 5. The molecule has 14 heteroatoms. The molecule has 0 unspecified atom stereocenters. The maximum absolute atomic E-state index is 13.0. The van der Waals surface area contributed by atoms with Gasteiger partial charge in [0.2, 0.25) is 0 Å². The third-order valence-electron chi connectivity index (χ3n) is 4.41. The van der Waals surface area contributed by atoms with E-state index in [0.717, 1.165) is 12.1 Å². The highest BCUT2D eigenvalue weighted by atomic mass is 19.4. The smallest absolute Gasteiger partial charge is 0.416 e. The molecule has 3 aromatic rings. The Morgan fingerprint density at radius 2 is 1.34 bits per heavy atom. The number of non-ortho nitro benzene ring substituents is 1. The van der Waals surface area contributed by atoms with Gasteiger partial charge in [0.15, 0.2) is 0 Å². The first-order valence-corrected chi connectivity index (χ1v) is 9.34. The number of nitrogens with one attached hydrogen (secondary N) is 1. The Morgan fingerprint density at radius 1 is 0.829 bits per heavy atom. The summed E-state index contributed by atoms with van der Waals surface area (Å²) in [6.07, 6.45) is -10.2. The molecule has 0 radical (unpaired) electrons. The molecule has 0 spiro atoms. The Bertz CT molecular complexity index is 1270. The molecule has 0 aromatic heterocycles. The van der Waals surface area contributed by atoms with Crippen LogP contribution in [0.5, 0.6) is 5.75 Å². The summed E-state index contributed by atoms with van der Waals surface area (Å²) < 4.78 is 78.1. The molecule has 0 saturated carbocycles. The van der Waals surface area contributed by atoms with Gasteiger partial charge in [0.25, 0.3) is 11.6 Å². The highest BCUT2D eigenvalue weighted by Gasteiger charge is 2.37.